The molecule has 1 saturated heterocycles. The number of rotatable bonds is 7. The fourth-order valence-corrected chi connectivity index (χ4v) is 4.19. The fourth-order valence-electron chi connectivity index (χ4n) is 4.01. The summed E-state index contributed by atoms with van der Waals surface area (Å²) in [6, 6.07) is 4.41. The van der Waals surface area contributed by atoms with E-state index in [1.807, 2.05) is 0 Å². The highest BCUT2D eigenvalue weighted by Gasteiger charge is 2.23. The van der Waals surface area contributed by atoms with E-state index in [4.69, 9.17) is 11.6 Å². The molecular weight excluding hydrogens is 417 g/mol. The molecule has 4 rings (SSSR count). The molecule has 3 heterocycles. The minimum absolute atomic E-state index is 0.0439. The molecule has 7 nitrogen and oxygen atoms in total. The summed E-state index contributed by atoms with van der Waals surface area (Å²) in [6.07, 6.45) is 5.50. The molecule has 0 saturated carbocycles. The van der Waals surface area contributed by atoms with Gasteiger partial charge in [0.25, 0.3) is 0 Å². The lowest BCUT2D eigenvalue weighted by Gasteiger charge is -2.35. The molecule has 1 N–H and O–H groups in total. The number of piperidine rings is 1. The average molecular weight is 444 g/mol. The fraction of sp³-hybridized carbons (Fsp3) is 0.455. The summed E-state index contributed by atoms with van der Waals surface area (Å²) in [5.74, 6) is 1.46. The maximum absolute atomic E-state index is 13.4. The molecule has 9 heteroatoms. The predicted molar refractivity (Wildman–Crippen MR) is 123 cm³/mol. The SMILES string of the molecule is CCN(CC)CC1CCN(c2ncnc3cnc(Nc4ccc(F)c(Cl)c4)nc23)CC1. The maximum atomic E-state index is 13.4. The highest BCUT2D eigenvalue weighted by molar-refractivity contribution is 6.31. The molecule has 0 aliphatic carbocycles. The van der Waals surface area contributed by atoms with Crippen LogP contribution in [0, 0.1) is 11.7 Å². The number of hydrogen-bond acceptors (Lipinski definition) is 7. The van der Waals surface area contributed by atoms with Crippen molar-refractivity contribution in [1.82, 2.24) is 24.8 Å². The summed E-state index contributed by atoms with van der Waals surface area (Å²) >= 11 is 5.88. The van der Waals surface area contributed by atoms with Crippen LogP contribution in [-0.2, 0) is 0 Å². The van der Waals surface area contributed by atoms with Gasteiger partial charge < -0.3 is 15.1 Å². The second-order valence-electron chi connectivity index (χ2n) is 7.79. The Hall–Kier alpha value is -2.58. The zero-order valence-electron chi connectivity index (χ0n) is 17.9. The molecule has 0 unspecified atom stereocenters. The number of fused-ring (bicyclic) bond motifs is 1. The molecule has 1 aromatic carbocycles. The molecule has 1 aliphatic rings. The van der Waals surface area contributed by atoms with Crippen molar-refractivity contribution >= 4 is 40.1 Å². The molecule has 1 aliphatic heterocycles. The van der Waals surface area contributed by atoms with Crippen molar-refractivity contribution in [3.05, 3.63) is 41.6 Å². The van der Waals surface area contributed by atoms with Gasteiger partial charge >= 0.3 is 0 Å². The van der Waals surface area contributed by atoms with Gasteiger partial charge in [-0.05, 0) is 50.0 Å². The second kappa shape index (κ2) is 9.70. The molecule has 0 spiro atoms. The van der Waals surface area contributed by atoms with E-state index in [1.165, 1.54) is 12.1 Å². The van der Waals surface area contributed by atoms with Crippen molar-refractivity contribution < 1.29 is 4.39 Å². The van der Waals surface area contributed by atoms with Crippen LogP contribution < -0.4 is 10.2 Å². The normalized spacial score (nSPS) is 15.1. The van der Waals surface area contributed by atoms with E-state index < -0.39 is 5.82 Å². The van der Waals surface area contributed by atoms with Crippen molar-refractivity contribution in [3.63, 3.8) is 0 Å². The summed E-state index contributed by atoms with van der Waals surface area (Å²) in [5.41, 5.74) is 2.01. The molecule has 0 bridgehead atoms. The predicted octanol–water partition coefficient (Wildman–Crippen LogP) is 4.51. The summed E-state index contributed by atoms with van der Waals surface area (Å²) < 4.78 is 13.4. The van der Waals surface area contributed by atoms with Gasteiger partial charge in [0.1, 0.15) is 23.2 Å². The van der Waals surface area contributed by atoms with E-state index in [1.54, 1.807) is 18.6 Å². The van der Waals surface area contributed by atoms with E-state index in [0.29, 0.717) is 28.6 Å². The van der Waals surface area contributed by atoms with Crippen molar-refractivity contribution in [3.8, 4) is 0 Å². The molecular formula is C22H27ClFN7. The van der Waals surface area contributed by atoms with Gasteiger partial charge in [0.2, 0.25) is 5.95 Å². The number of nitrogens with zero attached hydrogens (tertiary/aromatic N) is 6. The standard InChI is InChI=1S/C22H27ClFN7/c1-3-30(4-2)13-15-7-9-31(10-8-15)21-20-19(26-14-27-21)12-25-22(29-20)28-16-5-6-18(24)17(23)11-16/h5-6,11-12,14-15H,3-4,7-10,13H2,1-2H3,(H,25,28,29). The van der Waals surface area contributed by atoms with Crippen molar-refractivity contribution in [2.75, 3.05) is 42.9 Å². The average Bonchev–Trinajstić information content (AvgIpc) is 2.80. The van der Waals surface area contributed by atoms with Crippen LogP contribution in [0.5, 0.6) is 0 Å². The third kappa shape index (κ3) is 5.02. The van der Waals surface area contributed by atoms with E-state index in [2.05, 4.69) is 48.9 Å². The van der Waals surface area contributed by atoms with Crippen LogP contribution in [0.3, 0.4) is 0 Å². The van der Waals surface area contributed by atoms with Gasteiger partial charge in [0, 0.05) is 25.3 Å². The Kier molecular flexibility index (Phi) is 6.77. The summed E-state index contributed by atoms with van der Waals surface area (Å²) in [6.45, 7) is 9.67. The topological polar surface area (TPSA) is 70.1 Å². The monoisotopic (exact) mass is 443 g/mol. The molecule has 0 atom stereocenters. The van der Waals surface area contributed by atoms with Crippen LogP contribution >= 0.6 is 11.6 Å². The highest BCUT2D eigenvalue weighted by Crippen LogP contribution is 2.28. The molecule has 0 amide bonds. The third-order valence-electron chi connectivity index (χ3n) is 5.86. The van der Waals surface area contributed by atoms with Crippen molar-refractivity contribution in [1.29, 1.82) is 0 Å². The minimum Gasteiger partial charge on any atom is -0.355 e. The minimum atomic E-state index is -0.466. The van der Waals surface area contributed by atoms with Crippen molar-refractivity contribution in [2.24, 2.45) is 5.92 Å². The number of anilines is 3. The number of aromatic nitrogens is 4. The first-order valence-electron chi connectivity index (χ1n) is 10.7. The van der Waals surface area contributed by atoms with Crippen LogP contribution in [0.2, 0.25) is 5.02 Å². The van der Waals surface area contributed by atoms with E-state index in [9.17, 15) is 4.39 Å². The van der Waals surface area contributed by atoms with E-state index >= 15 is 0 Å². The quantitative estimate of drug-likeness (QED) is 0.575. The molecule has 1 fully saturated rings. The Morgan fingerprint density at radius 2 is 1.94 bits per heavy atom. The van der Waals surface area contributed by atoms with E-state index in [-0.39, 0.29) is 5.02 Å². The molecule has 31 heavy (non-hydrogen) atoms. The number of halogens is 2. The molecule has 3 aromatic rings. The Morgan fingerprint density at radius 3 is 2.65 bits per heavy atom. The zero-order chi connectivity index (χ0) is 21.8. The van der Waals surface area contributed by atoms with Crippen LogP contribution in [0.15, 0.2) is 30.7 Å². The Morgan fingerprint density at radius 1 is 1.16 bits per heavy atom. The van der Waals surface area contributed by atoms with Gasteiger partial charge in [0.05, 0.1) is 11.2 Å². The Labute approximate surface area is 186 Å². The summed E-state index contributed by atoms with van der Waals surface area (Å²) in [7, 11) is 0. The largest absolute Gasteiger partial charge is 0.355 e. The first kappa shape index (κ1) is 21.6. The van der Waals surface area contributed by atoms with Gasteiger partial charge in [0.15, 0.2) is 5.82 Å². The lowest BCUT2D eigenvalue weighted by molar-refractivity contribution is 0.229. The summed E-state index contributed by atoms with van der Waals surface area (Å²) in [4.78, 5) is 22.6. The first-order valence-corrected chi connectivity index (χ1v) is 11.1. The lowest BCUT2D eigenvalue weighted by atomic mass is 9.96. The van der Waals surface area contributed by atoms with Gasteiger partial charge in [-0.2, -0.15) is 0 Å². The molecule has 2 aromatic heterocycles. The zero-order valence-corrected chi connectivity index (χ0v) is 18.6. The van der Waals surface area contributed by atoms with Crippen LogP contribution in [0.1, 0.15) is 26.7 Å². The number of hydrogen-bond donors (Lipinski definition) is 1. The lowest BCUT2D eigenvalue weighted by Crippen LogP contribution is -2.39. The van der Waals surface area contributed by atoms with E-state index in [0.717, 1.165) is 51.4 Å². The van der Waals surface area contributed by atoms with Crippen LogP contribution in [-0.4, -0.2) is 57.6 Å². The number of benzene rings is 1. The Bertz CT molecular complexity index is 1040. The Balaban J connectivity index is 1.52. The van der Waals surface area contributed by atoms with Gasteiger partial charge in [-0.1, -0.05) is 25.4 Å². The smallest absolute Gasteiger partial charge is 0.227 e. The van der Waals surface area contributed by atoms with Gasteiger partial charge in [-0.3, -0.25) is 0 Å². The maximum Gasteiger partial charge on any atom is 0.227 e. The number of nitrogens with one attached hydrogen (secondary N) is 1. The second-order valence-corrected chi connectivity index (χ2v) is 8.20. The molecule has 0 radical (unpaired) electrons. The summed E-state index contributed by atoms with van der Waals surface area (Å²) in [5, 5.41) is 3.13. The first-order chi connectivity index (χ1) is 15.1. The van der Waals surface area contributed by atoms with Crippen LogP contribution in [0.25, 0.3) is 11.0 Å². The third-order valence-corrected chi connectivity index (χ3v) is 6.15. The van der Waals surface area contributed by atoms with Gasteiger partial charge in [-0.25, -0.2) is 24.3 Å². The van der Waals surface area contributed by atoms with Gasteiger partial charge in [-0.15, -0.1) is 0 Å². The molecule has 164 valence electrons. The van der Waals surface area contributed by atoms with Crippen LogP contribution in [0.4, 0.5) is 21.8 Å². The highest BCUT2D eigenvalue weighted by atomic mass is 35.5. The van der Waals surface area contributed by atoms with Crippen molar-refractivity contribution in [2.45, 2.75) is 26.7 Å².